The molecule has 1 amide bonds. The molecule has 32 heavy (non-hydrogen) atoms. The molecule has 3 aromatic carbocycles. The lowest BCUT2D eigenvalue weighted by molar-refractivity contribution is 0.0971. The van der Waals surface area contributed by atoms with Gasteiger partial charge in [-0.3, -0.25) is 14.5 Å². The summed E-state index contributed by atoms with van der Waals surface area (Å²) in [5.74, 6) is -0.207. The van der Waals surface area contributed by atoms with E-state index in [-0.39, 0.29) is 16.8 Å². The first-order valence-electron chi connectivity index (χ1n) is 10.5. The lowest BCUT2D eigenvalue weighted by atomic mass is 9.98. The molecule has 1 aliphatic rings. The first-order chi connectivity index (χ1) is 15.6. The number of para-hydroxylation sites is 1. The summed E-state index contributed by atoms with van der Waals surface area (Å²) in [7, 11) is 0. The number of rotatable bonds is 5. The van der Waals surface area contributed by atoms with Gasteiger partial charge in [-0.15, -0.1) is 0 Å². The van der Waals surface area contributed by atoms with Crippen LogP contribution in [0.15, 0.2) is 82.0 Å². The molecule has 2 heterocycles. The van der Waals surface area contributed by atoms with Crippen LogP contribution < -0.4 is 15.1 Å². The van der Waals surface area contributed by atoms with E-state index in [1.54, 1.807) is 24.3 Å². The number of benzene rings is 3. The zero-order valence-corrected chi connectivity index (χ0v) is 17.4. The maximum Gasteiger partial charge on any atom is 0.295 e. The SMILES string of the molecule is CCCOc1cccc(C2c3c(oc4ccccc4c3=O)C(=O)N2c2ccc(F)cc2)c1. The van der Waals surface area contributed by atoms with Gasteiger partial charge in [-0.2, -0.15) is 0 Å². The van der Waals surface area contributed by atoms with Crippen molar-refractivity contribution in [1.82, 2.24) is 0 Å². The smallest absolute Gasteiger partial charge is 0.295 e. The third-order valence-corrected chi connectivity index (χ3v) is 5.53. The lowest BCUT2D eigenvalue weighted by Gasteiger charge is -2.25. The van der Waals surface area contributed by atoms with Gasteiger partial charge in [-0.1, -0.05) is 31.2 Å². The maximum absolute atomic E-state index is 13.6. The van der Waals surface area contributed by atoms with Gasteiger partial charge in [0.05, 0.1) is 23.6 Å². The van der Waals surface area contributed by atoms with E-state index in [1.807, 2.05) is 31.2 Å². The van der Waals surface area contributed by atoms with Gasteiger partial charge < -0.3 is 9.15 Å². The van der Waals surface area contributed by atoms with Gasteiger partial charge in [0.1, 0.15) is 17.1 Å². The molecule has 0 saturated carbocycles. The number of carbonyl (C=O) groups is 1. The fourth-order valence-corrected chi connectivity index (χ4v) is 4.10. The molecular weight excluding hydrogens is 409 g/mol. The van der Waals surface area contributed by atoms with E-state index < -0.39 is 17.8 Å². The Morgan fingerprint density at radius 3 is 2.56 bits per heavy atom. The van der Waals surface area contributed by atoms with E-state index in [9.17, 15) is 14.0 Å². The molecule has 160 valence electrons. The van der Waals surface area contributed by atoms with E-state index in [2.05, 4.69) is 0 Å². The van der Waals surface area contributed by atoms with Crippen LogP contribution in [0.2, 0.25) is 0 Å². The quantitative estimate of drug-likeness (QED) is 0.422. The summed E-state index contributed by atoms with van der Waals surface area (Å²) in [5, 5.41) is 0.406. The Bertz CT molecular complexity index is 1380. The van der Waals surface area contributed by atoms with Crippen LogP contribution in [0.4, 0.5) is 10.1 Å². The van der Waals surface area contributed by atoms with Gasteiger partial charge in [0.25, 0.3) is 5.91 Å². The minimum absolute atomic E-state index is 0.00269. The molecule has 0 radical (unpaired) electrons. The largest absolute Gasteiger partial charge is 0.494 e. The third-order valence-electron chi connectivity index (χ3n) is 5.53. The number of ether oxygens (including phenoxy) is 1. The Kier molecular flexibility index (Phi) is 4.98. The summed E-state index contributed by atoms with van der Waals surface area (Å²) in [6.07, 6.45) is 0.853. The fourth-order valence-electron chi connectivity index (χ4n) is 4.10. The summed E-state index contributed by atoms with van der Waals surface area (Å²) >= 11 is 0. The summed E-state index contributed by atoms with van der Waals surface area (Å²) < 4.78 is 25.3. The molecule has 1 aromatic heterocycles. The number of carbonyl (C=O) groups excluding carboxylic acids is 1. The zero-order chi connectivity index (χ0) is 22.2. The Morgan fingerprint density at radius 2 is 1.78 bits per heavy atom. The predicted molar refractivity (Wildman–Crippen MR) is 120 cm³/mol. The summed E-state index contributed by atoms with van der Waals surface area (Å²) in [6, 6.07) is 19.1. The van der Waals surface area contributed by atoms with Crippen molar-refractivity contribution in [3.05, 3.63) is 106 Å². The molecule has 1 aliphatic heterocycles. The van der Waals surface area contributed by atoms with Crippen LogP contribution in [-0.4, -0.2) is 12.5 Å². The van der Waals surface area contributed by atoms with Crippen LogP contribution in [0.25, 0.3) is 11.0 Å². The molecule has 0 spiro atoms. The predicted octanol–water partition coefficient (Wildman–Crippen LogP) is 5.47. The number of fused-ring (bicyclic) bond motifs is 2. The Labute approximate surface area is 183 Å². The van der Waals surface area contributed by atoms with Gasteiger partial charge in [0, 0.05) is 5.69 Å². The second-order valence-corrected chi connectivity index (χ2v) is 7.65. The van der Waals surface area contributed by atoms with E-state index in [4.69, 9.17) is 9.15 Å². The Balaban J connectivity index is 1.75. The maximum atomic E-state index is 13.6. The van der Waals surface area contributed by atoms with E-state index in [1.165, 1.54) is 29.2 Å². The van der Waals surface area contributed by atoms with Crippen LogP contribution >= 0.6 is 0 Å². The van der Waals surface area contributed by atoms with Crippen LogP contribution in [0, 0.1) is 5.82 Å². The van der Waals surface area contributed by atoms with Crippen molar-refractivity contribution in [3.8, 4) is 5.75 Å². The number of amides is 1. The number of nitrogens with zero attached hydrogens (tertiary/aromatic N) is 1. The Morgan fingerprint density at radius 1 is 1.00 bits per heavy atom. The standard InChI is InChI=1S/C26H20FNO4/c1-2-14-31-19-7-5-6-16(15-19)23-22-24(29)20-8-3-4-9-21(20)32-25(22)26(30)28(23)18-12-10-17(27)11-13-18/h3-13,15,23H,2,14H2,1H3. The highest BCUT2D eigenvalue weighted by Gasteiger charge is 2.43. The van der Waals surface area contributed by atoms with Gasteiger partial charge in [-0.25, -0.2) is 4.39 Å². The van der Waals surface area contributed by atoms with Crippen molar-refractivity contribution < 1.29 is 18.3 Å². The molecule has 5 rings (SSSR count). The van der Waals surface area contributed by atoms with Crippen molar-refractivity contribution in [2.75, 3.05) is 11.5 Å². The molecule has 0 N–H and O–H groups in total. The lowest BCUT2D eigenvalue weighted by Crippen LogP contribution is -2.29. The van der Waals surface area contributed by atoms with Crippen LogP contribution in [0.5, 0.6) is 5.75 Å². The highest BCUT2D eigenvalue weighted by Crippen LogP contribution is 2.41. The van der Waals surface area contributed by atoms with Crippen molar-refractivity contribution in [2.24, 2.45) is 0 Å². The molecule has 0 aliphatic carbocycles. The van der Waals surface area contributed by atoms with Crippen LogP contribution in [-0.2, 0) is 0 Å². The molecule has 1 unspecified atom stereocenters. The third kappa shape index (κ3) is 3.24. The summed E-state index contributed by atoms with van der Waals surface area (Å²) in [6.45, 7) is 2.57. The molecule has 1 atom stereocenters. The highest BCUT2D eigenvalue weighted by atomic mass is 19.1. The second-order valence-electron chi connectivity index (χ2n) is 7.65. The molecule has 6 heteroatoms. The van der Waals surface area contributed by atoms with Crippen molar-refractivity contribution in [3.63, 3.8) is 0 Å². The van der Waals surface area contributed by atoms with E-state index >= 15 is 0 Å². The Hall–Kier alpha value is -3.93. The summed E-state index contributed by atoms with van der Waals surface area (Å²) in [4.78, 5) is 28.5. The number of hydrogen-bond donors (Lipinski definition) is 0. The van der Waals surface area contributed by atoms with E-state index in [0.717, 1.165) is 6.42 Å². The average Bonchev–Trinajstić information content (AvgIpc) is 3.11. The molecular formula is C26H20FNO4. The first-order valence-corrected chi connectivity index (χ1v) is 10.5. The van der Waals surface area contributed by atoms with Crippen LogP contribution in [0.3, 0.4) is 0 Å². The monoisotopic (exact) mass is 429 g/mol. The van der Waals surface area contributed by atoms with Crippen molar-refractivity contribution in [2.45, 2.75) is 19.4 Å². The molecule has 0 saturated heterocycles. The molecule has 4 aromatic rings. The molecule has 0 bridgehead atoms. The van der Waals surface area contributed by atoms with Crippen molar-refractivity contribution in [1.29, 1.82) is 0 Å². The number of hydrogen-bond acceptors (Lipinski definition) is 4. The zero-order valence-electron chi connectivity index (χ0n) is 17.4. The van der Waals surface area contributed by atoms with Gasteiger partial charge in [0.2, 0.25) is 5.76 Å². The van der Waals surface area contributed by atoms with Gasteiger partial charge >= 0.3 is 0 Å². The topological polar surface area (TPSA) is 59.8 Å². The molecule has 0 fully saturated rings. The summed E-state index contributed by atoms with van der Waals surface area (Å²) in [5.41, 5.74) is 1.54. The second kappa shape index (κ2) is 7.96. The minimum Gasteiger partial charge on any atom is -0.494 e. The van der Waals surface area contributed by atoms with E-state index in [0.29, 0.717) is 34.6 Å². The molecule has 5 nitrogen and oxygen atoms in total. The normalized spacial score (nSPS) is 15.2. The fraction of sp³-hybridized carbons (Fsp3) is 0.154. The van der Waals surface area contributed by atoms with Crippen molar-refractivity contribution >= 4 is 22.6 Å². The van der Waals surface area contributed by atoms with Gasteiger partial charge in [0.15, 0.2) is 5.43 Å². The average molecular weight is 429 g/mol. The number of anilines is 1. The number of halogens is 1. The highest BCUT2D eigenvalue weighted by molar-refractivity contribution is 6.10. The van der Waals surface area contributed by atoms with Gasteiger partial charge in [-0.05, 0) is 60.5 Å². The van der Waals surface area contributed by atoms with Crippen LogP contribution in [0.1, 0.15) is 41.1 Å². The minimum atomic E-state index is -0.728. The first kappa shape index (κ1) is 20.0.